The van der Waals surface area contributed by atoms with Gasteiger partial charge in [0.05, 0.1) is 4.92 Å². The van der Waals surface area contributed by atoms with Gasteiger partial charge >= 0.3 is 0 Å². The Morgan fingerprint density at radius 3 is 2.75 bits per heavy atom. The molecular weight excluding hydrogens is 252 g/mol. The predicted molar refractivity (Wildman–Crippen MR) is 77.7 cm³/mol. The third-order valence-electron chi connectivity index (χ3n) is 3.83. The van der Waals surface area contributed by atoms with Crippen molar-refractivity contribution in [2.75, 3.05) is 6.54 Å². The molecule has 0 aliphatic carbocycles. The van der Waals surface area contributed by atoms with Gasteiger partial charge in [-0.1, -0.05) is 42.5 Å². The van der Waals surface area contributed by atoms with E-state index in [1.165, 1.54) is 11.1 Å². The van der Waals surface area contributed by atoms with Gasteiger partial charge in [0.1, 0.15) is 0 Å². The Labute approximate surface area is 117 Å². The zero-order valence-electron chi connectivity index (χ0n) is 11.1. The van der Waals surface area contributed by atoms with Gasteiger partial charge in [0.2, 0.25) is 0 Å². The summed E-state index contributed by atoms with van der Waals surface area (Å²) in [6.07, 6.45) is 1.66. The molecule has 0 radical (unpaired) electrons. The summed E-state index contributed by atoms with van der Waals surface area (Å²) in [4.78, 5) is 10.8. The fourth-order valence-electron chi connectivity index (χ4n) is 2.86. The van der Waals surface area contributed by atoms with Gasteiger partial charge in [-0.05, 0) is 30.5 Å². The normalized spacial score (nSPS) is 17.5. The fraction of sp³-hybridized carbons (Fsp3) is 0.250. The molecule has 102 valence electrons. The van der Waals surface area contributed by atoms with Crippen molar-refractivity contribution in [3.8, 4) is 0 Å². The second-order valence-electron chi connectivity index (χ2n) is 5.05. The average molecular weight is 268 g/mol. The second kappa shape index (κ2) is 5.43. The third kappa shape index (κ3) is 2.42. The van der Waals surface area contributed by atoms with Crippen molar-refractivity contribution < 1.29 is 4.92 Å². The molecule has 0 amide bonds. The largest absolute Gasteiger partial charge is 0.309 e. The topological polar surface area (TPSA) is 55.2 Å². The van der Waals surface area contributed by atoms with Crippen LogP contribution < -0.4 is 5.32 Å². The highest BCUT2D eigenvalue weighted by atomic mass is 16.6. The highest BCUT2D eigenvalue weighted by Crippen LogP contribution is 2.28. The number of benzene rings is 2. The smallest absolute Gasteiger partial charge is 0.272 e. The van der Waals surface area contributed by atoms with Crippen molar-refractivity contribution in [1.82, 2.24) is 5.32 Å². The number of nitro groups is 1. The van der Waals surface area contributed by atoms with Crippen LogP contribution in [0.4, 0.5) is 5.69 Å². The lowest BCUT2D eigenvalue weighted by Gasteiger charge is -2.27. The molecule has 2 aromatic carbocycles. The average Bonchev–Trinajstić information content (AvgIpc) is 2.48. The van der Waals surface area contributed by atoms with Gasteiger partial charge in [-0.25, -0.2) is 0 Å². The zero-order valence-corrected chi connectivity index (χ0v) is 11.1. The maximum Gasteiger partial charge on any atom is 0.272 e. The highest BCUT2D eigenvalue weighted by Gasteiger charge is 2.22. The molecule has 1 aliphatic heterocycles. The van der Waals surface area contributed by atoms with Crippen LogP contribution in [-0.4, -0.2) is 11.5 Å². The maximum absolute atomic E-state index is 11.1. The molecule has 0 fully saturated rings. The van der Waals surface area contributed by atoms with Gasteiger partial charge in [-0.15, -0.1) is 0 Å². The number of nitrogens with one attached hydrogen (secondary N) is 1. The first kappa shape index (κ1) is 12.8. The lowest BCUT2D eigenvalue weighted by Crippen LogP contribution is -2.31. The van der Waals surface area contributed by atoms with E-state index in [2.05, 4.69) is 17.4 Å². The van der Waals surface area contributed by atoms with Crippen LogP contribution in [0.1, 0.15) is 22.7 Å². The van der Waals surface area contributed by atoms with Gasteiger partial charge in [0, 0.05) is 17.7 Å². The number of fused-ring (bicyclic) bond motifs is 1. The summed E-state index contributed by atoms with van der Waals surface area (Å²) in [5.74, 6) is 0. The highest BCUT2D eigenvalue weighted by molar-refractivity contribution is 5.42. The van der Waals surface area contributed by atoms with E-state index in [1.54, 1.807) is 12.1 Å². The van der Waals surface area contributed by atoms with E-state index in [1.807, 2.05) is 24.3 Å². The molecule has 2 aromatic rings. The zero-order chi connectivity index (χ0) is 13.9. The van der Waals surface area contributed by atoms with E-state index in [4.69, 9.17) is 0 Å². The van der Waals surface area contributed by atoms with E-state index < -0.39 is 0 Å². The van der Waals surface area contributed by atoms with Crippen molar-refractivity contribution in [3.05, 3.63) is 75.3 Å². The van der Waals surface area contributed by atoms with E-state index in [0.717, 1.165) is 18.5 Å². The molecule has 0 saturated carbocycles. The lowest BCUT2D eigenvalue weighted by molar-refractivity contribution is -0.385. The summed E-state index contributed by atoms with van der Waals surface area (Å²) in [5, 5.41) is 14.6. The predicted octanol–water partition coefficient (Wildman–Crippen LogP) is 3.02. The molecule has 4 nitrogen and oxygen atoms in total. The quantitative estimate of drug-likeness (QED) is 0.687. The molecule has 1 heterocycles. The van der Waals surface area contributed by atoms with Crippen LogP contribution in [0.3, 0.4) is 0 Å². The molecule has 3 rings (SSSR count). The van der Waals surface area contributed by atoms with E-state index in [0.29, 0.717) is 6.42 Å². The number of nitrogens with zero attached hydrogens (tertiary/aromatic N) is 1. The van der Waals surface area contributed by atoms with Gasteiger partial charge in [-0.3, -0.25) is 10.1 Å². The molecule has 0 aromatic heterocycles. The van der Waals surface area contributed by atoms with Crippen molar-refractivity contribution in [2.24, 2.45) is 0 Å². The number of hydrogen-bond donors (Lipinski definition) is 1. The molecule has 0 spiro atoms. The van der Waals surface area contributed by atoms with Gasteiger partial charge in [0.25, 0.3) is 5.69 Å². The van der Waals surface area contributed by atoms with E-state index in [-0.39, 0.29) is 16.7 Å². The second-order valence-corrected chi connectivity index (χ2v) is 5.05. The van der Waals surface area contributed by atoms with Gasteiger partial charge < -0.3 is 5.32 Å². The number of nitro benzene ring substituents is 1. The Morgan fingerprint density at radius 2 is 1.90 bits per heavy atom. The minimum absolute atomic E-state index is 0.154. The Balaban J connectivity index is 1.92. The lowest BCUT2D eigenvalue weighted by atomic mass is 9.90. The van der Waals surface area contributed by atoms with Crippen LogP contribution in [0.5, 0.6) is 0 Å². The summed E-state index contributed by atoms with van der Waals surface area (Å²) < 4.78 is 0. The Morgan fingerprint density at radius 1 is 1.15 bits per heavy atom. The Hall–Kier alpha value is -2.20. The first-order chi connectivity index (χ1) is 9.75. The monoisotopic (exact) mass is 268 g/mol. The van der Waals surface area contributed by atoms with E-state index in [9.17, 15) is 10.1 Å². The van der Waals surface area contributed by atoms with Gasteiger partial charge in [-0.2, -0.15) is 0 Å². The first-order valence-electron chi connectivity index (χ1n) is 6.79. The van der Waals surface area contributed by atoms with Crippen molar-refractivity contribution in [2.45, 2.75) is 18.9 Å². The molecule has 20 heavy (non-hydrogen) atoms. The molecule has 0 saturated heterocycles. The number of hydrogen-bond acceptors (Lipinski definition) is 3. The van der Waals surface area contributed by atoms with E-state index >= 15 is 0 Å². The molecular formula is C16H16N2O2. The first-order valence-corrected chi connectivity index (χ1v) is 6.79. The number of para-hydroxylation sites is 1. The van der Waals surface area contributed by atoms with Crippen molar-refractivity contribution in [1.29, 1.82) is 0 Å². The molecule has 0 bridgehead atoms. The molecule has 1 N–H and O–H groups in total. The molecule has 1 atom stereocenters. The van der Waals surface area contributed by atoms with Crippen molar-refractivity contribution >= 4 is 5.69 Å². The van der Waals surface area contributed by atoms with Crippen LogP contribution in [0.15, 0.2) is 48.5 Å². The molecule has 1 aliphatic rings. The van der Waals surface area contributed by atoms with Crippen LogP contribution >= 0.6 is 0 Å². The van der Waals surface area contributed by atoms with Gasteiger partial charge in [0.15, 0.2) is 0 Å². The van der Waals surface area contributed by atoms with Crippen LogP contribution in [0.25, 0.3) is 0 Å². The third-order valence-corrected chi connectivity index (χ3v) is 3.83. The van der Waals surface area contributed by atoms with Crippen LogP contribution in [-0.2, 0) is 12.8 Å². The van der Waals surface area contributed by atoms with Crippen LogP contribution in [0.2, 0.25) is 0 Å². The standard InChI is InChI=1S/C16H16N2O2/c19-18(20)16-8-4-2-6-13(16)11-15-14-7-3-1-5-12(14)9-10-17-15/h1-8,15,17H,9-11H2. The molecule has 4 heteroatoms. The van der Waals surface area contributed by atoms with Crippen LogP contribution in [0, 0.1) is 10.1 Å². The van der Waals surface area contributed by atoms with Crippen molar-refractivity contribution in [3.63, 3.8) is 0 Å². The summed E-state index contributed by atoms with van der Waals surface area (Å²) in [5.41, 5.74) is 3.59. The maximum atomic E-state index is 11.1. The summed E-state index contributed by atoms with van der Waals surface area (Å²) in [6, 6.07) is 15.5. The summed E-state index contributed by atoms with van der Waals surface area (Å²) in [6.45, 7) is 0.919. The SMILES string of the molecule is O=[N+]([O-])c1ccccc1CC1NCCc2ccccc21. The fourth-order valence-corrected chi connectivity index (χ4v) is 2.86. The minimum Gasteiger partial charge on any atom is -0.309 e. The number of rotatable bonds is 3. The minimum atomic E-state index is -0.302. The summed E-state index contributed by atoms with van der Waals surface area (Å²) in [7, 11) is 0. The Bertz CT molecular complexity index is 640. The molecule has 1 unspecified atom stereocenters. The summed E-state index contributed by atoms with van der Waals surface area (Å²) >= 11 is 0. The Kier molecular flexibility index (Phi) is 3.48.